The molecule has 0 aromatic carbocycles. The van der Waals surface area contributed by atoms with Crippen molar-refractivity contribution >= 4 is 18.1 Å². The third kappa shape index (κ3) is 1.59. The number of carboxylic acid groups (broad SMARTS) is 1. The van der Waals surface area contributed by atoms with Gasteiger partial charge in [0, 0.05) is 24.5 Å². The minimum absolute atomic E-state index is 0.171. The summed E-state index contributed by atoms with van der Waals surface area (Å²) < 4.78 is 14.9. The molecule has 0 bridgehead atoms. The Morgan fingerprint density at radius 1 is 1.50 bits per heavy atom. The number of fused-ring (bicyclic) bond motifs is 1. The molecule has 4 heteroatoms. The first-order chi connectivity index (χ1) is 7.49. The highest BCUT2D eigenvalue weighted by atomic mass is 19.1. The summed E-state index contributed by atoms with van der Waals surface area (Å²) in [6.07, 6.45) is 4.39. The van der Waals surface area contributed by atoms with Crippen molar-refractivity contribution in [2.75, 3.05) is 0 Å². The molecule has 0 radical (unpaired) electrons. The van der Waals surface area contributed by atoms with Crippen molar-refractivity contribution in [1.29, 1.82) is 0 Å². The van der Waals surface area contributed by atoms with Crippen LogP contribution in [0.15, 0.2) is 23.3 Å². The number of aryl methyl sites for hydroxylation is 1. The highest BCUT2D eigenvalue weighted by molar-refractivity contribution is 5.88. The van der Waals surface area contributed by atoms with Crippen LogP contribution in [0.5, 0.6) is 0 Å². The number of carbonyl (C=O) groups is 1. The zero-order valence-corrected chi connectivity index (χ0v) is 8.91. The molecule has 0 fully saturated rings. The number of rotatable bonds is 1. The molecule has 1 heterocycles. The molecule has 0 atom stereocenters. The van der Waals surface area contributed by atoms with E-state index in [1.165, 1.54) is 12.3 Å². The van der Waals surface area contributed by atoms with Gasteiger partial charge in [-0.2, -0.15) is 4.39 Å². The van der Waals surface area contributed by atoms with Crippen molar-refractivity contribution < 1.29 is 14.3 Å². The van der Waals surface area contributed by atoms with Gasteiger partial charge >= 0.3 is 5.97 Å². The van der Waals surface area contributed by atoms with Crippen LogP contribution in [0, 0.1) is 0 Å². The van der Waals surface area contributed by atoms with E-state index in [4.69, 9.17) is 5.11 Å². The van der Waals surface area contributed by atoms with E-state index in [1.54, 1.807) is 24.6 Å². The van der Waals surface area contributed by atoms with E-state index < -0.39 is 11.8 Å². The van der Waals surface area contributed by atoms with Crippen LogP contribution >= 0.6 is 0 Å². The third-order valence-electron chi connectivity index (χ3n) is 2.44. The molecule has 1 aliphatic carbocycles. The van der Waals surface area contributed by atoms with Crippen molar-refractivity contribution in [3.63, 3.8) is 0 Å². The van der Waals surface area contributed by atoms with Crippen molar-refractivity contribution in [3.8, 4) is 0 Å². The number of carboxylic acids is 1. The van der Waals surface area contributed by atoms with Gasteiger partial charge in [0.25, 0.3) is 0 Å². The Labute approximate surface area is 91.1 Å². The molecular formula is C12H10FNO2. The summed E-state index contributed by atoms with van der Waals surface area (Å²) in [5.74, 6) is -1.51. The zero-order valence-electron chi connectivity index (χ0n) is 8.91. The Bertz CT molecular complexity index is 658. The van der Waals surface area contributed by atoms with E-state index in [-0.39, 0.29) is 5.56 Å². The Morgan fingerprint density at radius 3 is 2.81 bits per heavy atom. The molecule has 0 saturated carbocycles. The minimum Gasteiger partial charge on any atom is -0.478 e. The maximum Gasteiger partial charge on any atom is 0.337 e. The van der Waals surface area contributed by atoms with E-state index in [1.807, 2.05) is 0 Å². The van der Waals surface area contributed by atoms with E-state index in [2.05, 4.69) is 5.73 Å². The fourth-order valence-corrected chi connectivity index (χ4v) is 1.76. The standard InChI is InChI=1S/C12H10FNO2/c1-7-3-8(13)5-11-9(4-7)10(12(15)16)6-14(11)2/h4-6H,1-2H3,(H,15,16). The van der Waals surface area contributed by atoms with Crippen molar-refractivity contribution in [2.24, 2.45) is 7.05 Å². The molecule has 1 N–H and O–H groups in total. The average Bonchev–Trinajstić information content (AvgIpc) is 2.39. The Morgan fingerprint density at radius 2 is 2.19 bits per heavy atom. The van der Waals surface area contributed by atoms with E-state index in [0.29, 0.717) is 16.1 Å². The lowest BCUT2D eigenvalue weighted by Crippen LogP contribution is -2.30. The van der Waals surface area contributed by atoms with E-state index in [9.17, 15) is 9.18 Å². The van der Waals surface area contributed by atoms with Gasteiger partial charge in [0.15, 0.2) is 5.83 Å². The lowest BCUT2D eigenvalue weighted by atomic mass is 10.2. The number of nitrogens with zero attached hydrogens (tertiary/aromatic N) is 1. The number of halogens is 1. The molecule has 1 aliphatic rings. The van der Waals surface area contributed by atoms with Gasteiger partial charge in [-0.3, -0.25) is 0 Å². The van der Waals surface area contributed by atoms with Gasteiger partial charge in [-0.1, -0.05) is 5.73 Å². The molecule has 0 spiro atoms. The van der Waals surface area contributed by atoms with Crippen LogP contribution in [0.3, 0.4) is 0 Å². The number of hydrogen-bond donors (Lipinski definition) is 1. The fraction of sp³-hybridized carbons (Fsp3) is 0.167. The summed E-state index contributed by atoms with van der Waals surface area (Å²) >= 11 is 0. The summed E-state index contributed by atoms with van der Waals surface area (Å²) in [5, 5.41) is 10.1. The van der Waals surface area contributed by atoms with Crippen molar-refractivity contribution in [3.05, 3.63) is 39.5 Å². The Hall–Kier alpha value is -2.06. The average molecular weight is 219 g/mol. The van der Waals surface area contributed by atoms with Crippen LogP contribution in [0.2, 0.25) is 0 Å². The maximum absolute atomic E-state index is 13.3. The van der Waals surface area contributed by atoms with Gasteiger partial charge in [-0.05, 0) is 18.6 Å². The number of aromatic carboxylic acids is 1. The molecule has 16 heavy (non-hydrogen) atoms. The first kappa shape index (κ1) is 10.5. The second-order valence-electron chi connectivity index (χ2n) is 3.70. The van der Waals surface area contributed by atoms with Gasteiger partial charge in [0.05, 0.1) is 10.9 Å². The van der Waals surface area contributed by atoms with Crippen LogP contribution in [-0.4, -0.2) is 15.6 Å². The molecule has 1 aromatic heterocycles. The van der Waals surface area contributed by atoms with Crippen LogP contribution in [0.4, 0.5) is 4.39 Å². The molecular weight excluding hydrogens is 209 g/mol. The minimum atomic E-state index is -1.02. The fourth-order valence-electron chi connectivity index (χ4n) is 1.76. The Kier molecular flexibility index (Phi) is 2.29. The molecule has 0 unspecified atom stereocenters. The van der Waals surface area contributed by atoms with Gasteiger partial charge in [0.2, 0.25) is 0 Å². The maximum atomic E-state index is 13.3. The molecule has 2 rings (SSSR count). The second kappa shape index (κ2) is 3.51. The highest BCUT2D eigenvalue weighted by Gasteiger charge is 2.11. The van der Waals surface area contributed by atoms with Crippen LogP contribution in [-0.2, 0) is 7.05 Å². The van der Waals surface area contributed by atoms with Gasteiger partial charge in [-0.25, -0.2) is 4.79 Å². The largest absolute Gasteiger partial charge is 0.478 e. The number of aromatic nitrogens is 1. The molecule has 3 nitrogen and oxygen atoms in total. The topological polar surface area (TPSA) is 42.2 Å². The normalized spacial score (nSPS) is 13.9. The summed E-state index contributed by atoms with van der Waals surface area (Å²) in [5.41, 5.74) is 3.26. The third-order valence-corrected chi connectivity index (χ3v) is 2.44. The van der Waals surface area contributed by atoms with Gasteiger partial charge in [0.1, 0.15) is 0 Å². The van der Waals surface area contributed by atoms with Crippen molar-refractivity contribution in [2.45, 2.75) is 6.92 Å². The predicted molar refractivity (Wildman–Crippen MR) is 57.9 cm³/mol. The van der Waals surface area contributed by atoms with Crippen molar-refractivity contribution in [1.82, 2.24) is 4.57 Å². The number of hydrogen-bond acceptors (Lipinski definition) is 1. The van der Waals surface area contributed by atoms with Crippen LogP contribution < -0.4 is 10.6 Å². The number of allylic oxidation sites excluding steroid dienone is 1. The van der Waals surface area contributed by atoms with Gasteiger partial charge < -0.3 is 9.67 Å². The molecule has 1 aromatic rings. The molecule has 82 valence electrons. The lowest BCUT2D eigenvalue weighted by Gasteiger charge is -1.88. The van der Waals surface area contributed by atoms with Crippen LogP contribution in [0.1, 0.15) is 17.3 Å². The highest BCUT2D eigenvalue weighted by Crippen LogP contribution is 2.03. The van der Waals surface area contributed by atoms with Gasteiger partial charge in [-0.15, -0.1) is 0 Å². The zero-order chi connectivity index (χ0) is 11.9. The quantitative estimate of drug-likeness (QED) is 0.706. The Balaban J connectivity index is 2.93. The molecule has 0 amide bonds. The smallest absolute Gasteiger partial charge is 0.337 e. The molecule has 0 saturated heterocycles. The first-order valence-electron chi connectivity index (χ1n) is 4.74. The monoisotopic (exact) mass is 219 g/mol. The lowest BCUT2D eigenvalue weighted by molar-refractivity contribution is 0.0695. The second-order valence-corrected chi connectivity index (χ2v) is 3.70. The first-order valence-corrected chi connectivity index (χ1v) is 4.74. The van der Waals surface area contributed by atoms with E-state index in [0.717, 1.165) is 0 Å². The van der Waals surface area contributed by atoms with Crippen LogP contribution in [0.25, 0.3) is 12.2 Å². The summed E-state index contributed by atoms with van der Waals surface area (Å²) in [6.45, 7) is 1.68. The SMILES string of the molecule is CC1=C=C(F)C=c2c(c(C(=O)O)cn2C)=C1. The summed E-state index contributed by atoms with van der Waals surface area (Å²) in [6, 6.07) is 0. The molecule has 0 aliphatic heterocycles. The predicted octanol–water partition coefficient (Wildman–Crippen LogP) is 0.697. The summed E-state index contributed by atoms with van der Waals surface area (Å²) in [4.78, 5) is 11.0. The summed E-state index contributed by atoms with van der Waals surface area (Å²) in [7, 11) is 1.68. The van der Waals surface area contributed by atoms with E-state index >= 15 is 0 Å².